The Hall–Kier alpha value is -2.16. The van der Waals surface area contributed by atoms with Crippen molar-refractivity contribution in [2.45, 2.75) is 12.8 Å². The molecule has 0 atom stereocenters. The van der Waals surface area contributed by atoms with Gasteiger partial charge in [-0.3, -0.25) is 4.79 Å². The van der Waals surface area contributed by atoms with E-state index in [0.717, 1.165) is 10.4 Å². The SMILES string of the molecule is O=C(CCc1oc(-c2cccs2)nc1-c1ccc(Cl)cc1)N1CCS(=O)(=O)CC1. The van der Waals surface area contributed by atoms with Gasteiger partial charge in [-0.25, -0.2) is 13.4 Å². The minimum atomic E-state index is -3.02. The number of amides is 1. The van der Waals surface area contributed by atoms with Gasteiger partial charge in [0, 0.05) is 36.5 Å². The third-order valence-corrected chi connectivity index (χ3v) is 7.53. The van der Waals surface area contributed by atoms with Crippen LogP contribution in [0.4, 0.5) is 0 Å². The highest BCUT2D eigenvalue weighted by atomic mass is 35.5. The Kier molecular flexibility index (Phi) is 5.76. The predicted octanol–water partition coefficient (Wildman–Crippen LogP) is 3.91. The second-order valence-electron chi connectivity index (χ2n) is 6.81. The molecule has 2 aromatic heterocycles. The van der Waals surface area contributed by atoms with Crippen molar-refractivity contribution in [1.29, 1.82) is 0 Å². The highest BCUT2D eigenvalue weighted by Crippen LogP contribution is 2.32. The summed E-state index contributed by atoms with van der Waals surface area (Å²) in [5, 5.41) is 2.59. The van der Waals surface area contributed by atoms with Gasteiger partial charge in [0.2, 0.25) is 11.8 Å². The van der Waals surface area contributed by atoms with Gasteiger partial charge in [-0.1, -0.05) is 29.8 Å². The molecule has 3 aromatic rings. The number of aryl methyl sites for hydroxylation is 1. The number of rotatable bonds is 5. The summed E-state index contributed by atoms with van der Waals surface area (Å²) in [5.41, 5.74) is 1.56. The fourth-order valence-electron chi connectivity index (χ4n) is 3.20. The molecule has 0 unspecified atom stereocenters. The van der Waals surface area contributed by atoms with Gasteiger partial charge in [-0.05, 0) is 23.6 Å². The maximum atomic E-state index is 12.6. The van der Waals surface area contributed by atoms with Crippen LogP contribution in [0.5, 0.6) is 0 Å². The molecule has 1 saturated heterocycles. The van der Waals surface area contributed by atoms with Crippen molar-refractivity contribution in [2.24, 2.45) is 0 Å². The number of hydrogen-bond donors (Lipinski definition) is 0. The molecule has 152 valence electrons. The Morgan fingerprint density at radius 2 is 1.90 bits per heavy atom. The first-order chi connectivity index (χ1) is 13.9. The lowest BCUT2D eigenvalue weighted by molar-refractivity contribution is -0.130. The molecule has 3 heterocycles. The van der Waals surface area contributed by atoms with Crippen molar-refractivity contribution in [3.63, 3.8) is 0 Å². The molecule has 9 heteroatoms. The summed E-state index contributed by atoms with van der Waals surface area (Å²) in [6.07, 6.45) is 0.623. The molecule has 0 N–H and O–H groups in total. The lowest BCUT2D eigenvalue weighted by atomic mass is 10.1. The van der Waals surface area contributed by atoms with Gasteiger partial charge >= 0.3 is 0 Å². The molecular weight excluding hydrogens is 432 g/mol. The van der Waals surface area contributed by atoms with Crippen LogP contribution in [-0.2, 0) is 21.1 Å². The first-order valence-corrected chi connectivity index (χ1v) is 12.3. The number of aromatic nitrogens is 1. The van der Waals surface area contributed by atoms with Crippen LogP contribution in [-0.4, -0.2) is 48.8 Å². The molecule has 1 amide bonds. The van der Waals surface area contributed by atoms with Gasteiger partial charge in [0.15, 0.2) is 9.84 Å². The van der Waals surface area contributed by atoms with E-state index < -0.39 is 9.84 Å². The molecule has 1 fully saturated rings. The first kappa shape index (κ1) is 20.1. The fraction of sp³-hybridized carbons (Fsp3) is 0.300. The number of sulfone groups is 1. The van der Waals surface area contributed by atoms with Crippen LogP contribution in [0.15, 0.2) is 46.2 Å². The van der Waals surface area contributed by atoms with Crippen LogP contribution in [0.2, 0.25) is 5.02 Å². The Morgan fingerprint density at radius 1 is 1.17 bits per heavy atom. The van der Waals surface area contributed by atoms with Crippen molar-refractivity contribution < 1.29 is 17.6 Å². The molecule has 1 aromatic carbocycles. The van der Waals surface area contributed by atoms with Crippen LogP contribution in [0, 0.1) is 0 Å². The van der Waals surface area contributed by atoms with Gasteiger partial charge in [-0.2, -0.15) is 0 Å². The second kappa shape index (κ2) is 8.30. The number of thiophene rings is 1. The summed E-state index contributed by atoms with van der Waals surface area (Å²) in [7, 11) is -3.02. The van der Waals surface area contributed by atoms with E-state index >= 15 is 0 Å². The summed E-state index contributed by atoms with van der Waals surface area (Å²) < 4.78 is 29.2. The molecule has 0 spiro atoms. The zero-order valence-corrected chi connectivity index (χ0v) is 17.9. The normalized spacial score (nSPS) is 16.1. The van der Waals surface area contributed by atoms with Gasteiger partial charge < -0.3 is 9.32 Å². The third kappa shape index (κ3) is 4.71. The number of hydrogen-bond acceptors (Lipinski definition) is 6. The maximum absolute atomic E-state index is 12.6. The van der Waals surface area contributed by atoms with Crippen LogP contribution in [0.3, 0.4) is 0 Å². The summed E-state index contributed by atoms with van der Waals surface area (Å²) in [5.74, 6) is 1.14. The van der Waals surface area contributed by atoms with Crippen molar-refractivity contribution in [2.75, 3.05) is 24.6 Å². The van der Waals surface area contributed by atoms with Crippen molar-refractivity contribution in [3.8, 4) is 22.0 Å². The number of carbonyl (C=O) groups is 1. The Balaban J connectivity index is 1.54. The molecule has 0 saturated carbocycles. The minimum Gasteiger partial charge on any atom is -0.440 e. The van der Waals surface area contributed by atoms with Crippen LogP contribution < -0.4 is 0 Å². The number of carbonyl (C=O) groups excluding carboxylic acids is 1. The van der Waals surface area contributed by atoms with Crippen LogP contribution in [0.1, 0.15) is 12.2 Å². The molecule has 6 nitrogen and oxygen atoms in total. The summed E-state index contributed by atoms with van der Waals surface area (Å²) in [6.45, 7) is 0.504. The molecule has 0 bridgehead atoms. The quantitative estimate of drug-likeness (QED) is 0.588. The largest absolute Gasteiger partial charge is 0.440 e. The molecule has 4 rings (SSSR count). The van der Waals surface area contributed by atoms with E-state index in [1.807, 2.05) is 29.6 Å². The van der Waals surface area contributed by atoms with Crippen LogP contribution in [0.25, 0.3) is 22.0 Å². The molecule has 1 aliphatic heterocycles. The van der Waals surface area contributed by atoms with E-state index in [1.54, 1.807) is 17.0 Å². The Morgan fingerprint density at radius 3 is 2.55 bits per heavy atom. The molecule has 1 aliphatic rings. The lowest BCUT2D eigenvalue weighted by Crippen LogP contribution is -2.43. The predicted molar refractivity (Wildman–Crippen MR) is 114 cm³/mol. The number of benzene rings is 1. The van der Waals surface area contributed by atoms with Crippen molar-refractivity contribution >= 4 is 38.7 Å². The zero-order chi connectivity index (χ0) is 20.4. The molecule has 0 aliphatic carbocycles. The molecule has 29 heavy (non-hydrogen) atoms. The van der Waals surface area contributed by atoms with Crippen molar-refractivity contribution in [1.82, 2.24) is 9.88 Å². The average molecular weight is 451 g/mol. The molecule has 0 radical (unpaired) electrons. The second-order valence-corrected chi connectivity index (χ2v) is 10.5. The Bertz CT molecular complexity index is 1090. The van der Waals surface area contributed by atoms with Gasteiger partial charge in [0.1, 0.15) is 11.5 Å². The summed E-state index contributed by atoms with van der Waals surface area (Å²) >= 11 is 7.53. The van der Waals surface area contributed by atoms with Gasteiger partial charge in [-0.15, -0.1) is 11.3 Å². The summed E-state index contributed by atoms with van der Waals surface area (Å²) in [6, 6.07) is 11.2. The minimum absolute atomic E-state index is 0.0274. The Labute approximate surface area is 178 Å². The average Bonchev–Trinajstić information content (AvgIpc) is 3.36. The van der Waals surface area contributed by atoms with E-state index in [4.69, 9.17) is 16.0 Å². The fourth-order valence-corrected chi connectivity index (χ4v) is 5.18. The van der Waals surface area contributed by atoms with E-state index in [1.165, 1.54) is 11.3 Å². The summed E-state index contributed by atoms with van der Waals surface area (Å²) in [4.78, 5) is 19.7. The number of oxazole rings is 1. The van der Waals surface area contributed by atoms with E-state index in [9.17, 15) is 13.2 Å². The topological polar surface area (TPSA) is 80.5 Å². The maximum Gasteiger partial charge on any atom is 0.237 e. The lowest BCUT2D eigenvalue weighted by Gasteiger charge is -2.26. The van der Waals surface area contributed by atoms with E-state index in [0.29, 0.717) is 28.8 Å². The standard InChI is InChI=1S/C20H19ClN2O4S2/c21-15-5-3-14(4-6-15)19-16(27-20(22-19)17-2-1-11-28-17)7-8-18(24)23-9-12-29(25,26)13-10-23/h1-6,11H,7-10,12-13H2. The number of nitrogens with zero attached hydrogens (tertiary/aromatic N) is 2. The van der Waals surface area contributed by atoms with E-state index in [2.05, 4.69) is 4.98 Å². The van der Waals surface area contributed by atoms with Crippen molar-refractivity contribution in [3.05, 3.63) is 52.6 Å². The first-order valence-electron chi connectivity index (χ1n) is 9.19. The van der Waals surface area contributed by atoms with E-state index in [-0.39, 0.29) is 36.9 Å². The zero-order valence-electron chi connectivity index (χ0n) is 15.5. The highest BCUT2D eigenvalue weighted by molar-refractivity contribution is 7.91. The van der Waals surface area contributed by atoms with Gasteiger partial charge in [0.25, 0.3) is 0 Å². The third-order valence-electron chi connectivity index (χ3n) is 4.81. The monoisotopic (exact) mass is 450 g/mol. The molecular formula is C20H19ClN2O4S2. The van der Waals surface area contributed by atoms with Gasteiger partial charge in [0.05, 0.1) is 16.4 Å². The number of halogens is 1. The smallest absolute Gasteiger partial charge is 0.237 e. The van der Waals surface area contributed by atoms with Crippen LogP contribution >= 0.6 is 22.9 Å². The highest BCUT2D eigenvalue weighted by Gasteiger charge is 2.25.